The van der Waals surface area contributed by atoms with Crippen LogP contribution < -0.4 is 0 Å². The lowest BCUT2D eigenvalue weighted by Crippen LogP contribution is -2.00. The highest BCUT2D eigenvalue weighted by molar-refractivity contribution is 5.88. The molecule has 17 heavy (non-hydrogen) atoms. The van der Waals surface area contributed by atoms with Crippen LogP contribution in [-0.4, -0.2) is 9.49 Å². The van der Waals surface area contributed by atoms with Crippen LogP contribution in [0.25, 0.3) is 10.9 Å². The quantitative estimate of drug-likeness (QED) is 0.458. The van der Waals surface area contributed by atoms with Crippen molar-refractivity contribution in [3.8, 4) is 0 Å². The van der Waals surface area contributed by atoms with E-state index in [1.165, 1.54) is 6.07 Å². The lowest BCUT2D eigenvalue weighted by atomic mass is 10.2. The molecule has 4 heteroatoms. The molecule has 0 N–H and O–H groups in total. The number of non-ortho nitro benzene ring substituents is 1. The fourth-order valence-electron chi connectivity index (χ4n) is 1.87. The van der Waals surface area contributed by atoms with Gasteiger partial charge in [0.05, 0.1) is 4.92 Å². The van der Waals surface area contributed by atoms with Gasteiger partial charge >= 0.3 is 0 Å². The summed E-state index contributed by atoms with van der Waals surface area (Å²) in [7, 11) is 0. The Hall–Kier alpha value is -2.10. The molecule has 0 fully saturated rings. The summed E-state index contributed by atoms with van der Waals surface area (Å²) in [6.07, 6.45) is 2.75. The van der Waals surface area contributed by atoms with E-state index in [1.807, 2.05) is 29.8 Å². The van der Waals surface area contributed by atoms with Gasteiger partial charge < -0.3 is 4.57 Å². The molecular formula is C13H14N2O2. The second kappa shape index (κ2) is 4.41. The summed E-state index contributed by atoms with van der Waals surface area (Å²) < 4.78 is 1.89. The van der Waals surface area contributed by atoms with Gasteiger partial charge in [0.25, 0.3) is 5.69 Å². The van der Waals surface area contributed by atoms with Crippen molar-refractivity contribution >= 4 is 16.6 Å². The molecule has 0 saturated carbocycles. The Morgan fingerprint density at radius 3 is 2.88 bits per heavy atom. The lowest BCUT2D eigenvalue weighted by Gasteiger charge is -2.06. The van der Waals surface area contributed by atoms with E-state index in [0.29, 0.717) is 12.1 Å². The van der Waals surface area contributed by atoms with E-state index in [1.54, 1.807) is 6.07 Å². The van der Waals surface area contributed by atoms with E-state index in [4.69, 9.17) is 0 Å². The minimum atomic E-state index is -0.340. The zero-order valence-electron chi connectivity index (χ0n) is 9.72. The van der Waals surface area contributed by atoms with Crippen LogP contribution in [0, 0.1) is 10.1 Å². The molecule has 2 rings (SSSR count). The summed E-state index contributed by atoms with van der Waals surface area (Å²) >= 11 is 0. The van der Waals surface area contributed by atoms with Gasteiger partial charge in [-0.25, -0.2) is 0 Å². The molecule has 0 aliphatic rings. The highest BCUT2D eigenvalue weighted by Crippen LogP contribution is 2.27. The van der Waals surface area contributed by atoms with Gasteiger partial charge in [0.1, 0.15) is 5.52 Å². The van der Waals surface area contributed by atoms with E-state index in [0.717, 1.165) is 17.4 Å². The zero-order chi connectivity index (χ0) is 12.4. The van der Waals surface area contributed by atoms with Gasteiger partial charge in [0.2, 0.25) is 0 Å². The zero-order valence-corrected chi connectivity index (χ0v) is 9.72. The summed E-state index contributed by atoms with van der Waals surface area (Å²) in [6.45, 7) is 6.60. The minimum Gasteiger partial charge on any atom is -0.338 e. The van der Waals surface area contributed by atoms with E-state index < -0.39 is 0 Å². The fraction of sp³-hybridized carbons (Fsp3) is 0.231. The van der Waals surface area contributed by atoms with Gasteiger partial charge in [-0.1, -0.05) is 31.2 Å². The third kappa shape index (κ3) is 2.06. The van der Waals surface area contributed by atoms with Crippen LogP contribution in [0.5, 0.6) is 0 Å². The second-order valence-corrected chi connectivity index (χ2v) is 4.02. The fourth-order valence-corrected chi connectivity index (χ4v) is 1.87. The number of nitrogens with zero attached hydrogens (tertiary/aromatic N) is 2. The van der Waals surface area contributed by atoms with E-state index in [2.05, 4.69) is 6.58 Å². The number of nitro benzene ring substituents is 1. The molecule has 0 unspecified atom stereocenters. The Labute approximate surface area is 99.3 Å². The van der Waals surface area contributed by atoms with Crippen LogP contribution in [0.3, 0.4) is 0 Å². The molecule has 1 aromatic carbocycles. The molecule has 0 aliphatic carbocycles. The Balaban J connectivity index is 2.57. The first-order valence-corrected chi connectivity index (χ1v) is 5.52. The average molecular weight is 230 g/mol. The van der Waals surface area contributed by atoms with Crippen molar-refractivity contribution in [2.75, 3.05) is 0 Å². The maximum Gasteiger partial charge on any atom is 0.293 e. The van der Waals surface area contributed by atoms with E-state index >= 15 is 0 Å². The number of rotatable bonds is 4. The van der Waals surface area contributed by atoms with Gasteiger partial charge in [0.15, 0.2) is 0 Å². The number of benzene rings is 1. The van der Waals surface area contributed by atoms with Crippen LogP contribution in [0.2, 0.25) is 0 Å². The number of hydrogen-bond acceptors (Lipinski definition) is 2. The molecule has 0 saturated heterocycles. The average Bonchev–Trinajstić information content (AvgIpc) is 2.72. The molecule has 0 radical (unpaired) electrons. The highest BCUT2D eigenvalue weighted by Gasteiger charge is 2.15. The molecule has 1 heterocycles. The predicted octanol–water partition coefficient (Wildman–Crippen LogP) is 3.52. The smallest absolute Gasteiger partial charge is 0.293 e. The maximum absolute atomic E-state index is 11.0. The SMILES string of the molecule is C=C(CC)Cn1ccc2cccc([N+](=O)[O-])c21. The number of nitro groups is 1. The number of allylic oxidation sites excluding steroid dienone is 1. The van der Waals surface area contributed by atoms with Gasteiger partial charge in [-0.3, -0.25) is 10.1 Å². The summed E-state index contributed by atoms with van der Waals surface area (Å²) in [5.74, 6) is 0. The van der Waals surface area contributed by atoms with Gasteiger partial charge in [-0.2, -0.15) is 0 Å². The standard InChI is InChI=1S/C13H14N2O2/c1-3-10(2)9-14-8-7-11-5-4-6-12(13(11)14)15(16)17/h4-8H,2-3,9H2,1H3. The van der Waals surface area contributed by atoms with Gasteiger partial charge in [0, 0.05) is 24.2 Å². The third-order valence-electron chi connectivity index (χ3n) is 2.86. The molecule has 2 aromatic rings. The number of para-hydroxylation sites is 1. The lowest BCUT2D eigenvalue weighted by molar-refractivity contribution is -0.383. The minimum absolute atomic E-state index is 0.149. The first-order valence-electron chi connectivity index (χ1n) is 5.52. The van der Waals surface area contributed by atoms with Gasteiger partial charge in [-0.05, 0) is 12.5 Å². The predicted molar refractivity (Wildman–Crippen MR) is 68.0 cm³/mol. The third-order valence-corrected chi connectivity index (χ3v) is 2.86. The van der Waals surface area contributed by atoms with Crippen molar-refractivity contribution in [1.82, 2.24) is 4.57 Å². The highest BCUT2D eigenvalue weighted by atomic mass is 16.6. The van der Waals surface area contributed by atoms with Crippen LogP contribution in [0.1, 0.15) is 13.3 Å². The molecule has 0 atom stereocenters. The summed E-state index contributed by atoms with van der Waals surface area (Å²) in [5, 5.41) is 11.9. The molecule has 0 spiro atoms. The van der Waals surface area contributed by atoms with Crippen molar-refractivity contribution in [1.29, 1.82) is 0 Å². The normalized spacial score (nSPS) is 10.6. The topological polar surface area (TPSA) is 48.1 Å². The van der Waals surface area contributed by atoms with Crippen molar-refractivity contribution in [2.45, 2.75) is 19.9 Å². The van der Waals surface area contributed by atoms with Crippen LogP contribution in [0.4, 0.5) is 5.69 Å². The summed E-state index contributed by atoms with van der Waals surface area (Å²) in [4.78, 5) is 10.7. The Morgan fingerprint density at radius 2 is 2.24 bits per heavy atom. The maximum atomic E-state index is 11.0. The molecular weight excluding hydrogens is 216 g/mol. The summed E-state index contributed by atoms with van der Waals surface area (Å²) in [5.41, 5.74) is 1.88. The van der Waals surface area contributed by atoms with Gasteiger partial charge in [-0.15, -0.1) is 0 Å². The molecule has 4 nitrogen and oxygen atoms in total. The molecule has 0 bridgehead atoms. The monoisotopic (exact) mass is 230 g/mol. The van der Waals surface area contributed by atoms with Crippen LogP contribution in [0.15, 0.2) is 42.6 Å². The second-order valence-electron chi connectivity index (χ2n) is 4.02. The van der Waals surface area contributed by atoms with E-state index in [-0.39, 0.29) is 10.6 Å². The van der Waals surface area contributed by atoms with Crippen LogP contribution >= 0.6 is 0 Å². The number of hydrogen-bond donors (Lipinski definition) is 0. The molecule has 0 aliphatic heterocycles. The largest absolute Gasteiger partial charge is 0.338 e. The van der Waals surface area contributed by atoms with E-state index in [9.17, 15) is 10.1 Å². The van der Waals surface area contributed by atoms with Crippen molar-refractivity contribution in [3.05, 3.63) is 52.7 Å². The number of fused-ring (bicyclic) bond motifs is 1. The summed E-state index contributed by atoms with van der Waals surface area (Å²) in [6, 6.07) is 7.02. The Kier molecular flexibility index (Phi) is 2.95. The van der Waals surface area contributed by atoms with Crippen LogP contribution in [-0.2, 0) is 6.54 Å². The molecule has 0 amide bonds. The number of aromatic nitrogens is 1. The molecule has 1 aromatic heterocycles. The first kappa shape index (κ1) is 11.4. The van der Waals surface area contributed by atoms with Crippen molar-refractivity contribution < 1.29 is 4.92 Å². The first-order chi connectivity index (χ1) is 8.13. The van der Waals surface area contributed by atoms with Crippen molar-refractivity contribution in [2.24, 2.45) is 0 Å². The Morgan fingerprint density at radius 1 is 1.47 bits per heavy atom. The Bertz CT molecular complexity index is 584. The van der Waals surface area contributed by atoms with Crippen molar-refractivity contribution in [3.63, 3.8) is 0 Å². The molecule has 88 valence electrons.